The average molecular weight is 397 g/mol. The van der Waals surface area contributed by atoms with Crippen molar-refractivity contribution in [2.75, 3.05) is 0 Å². The second-order valence-corrected chi connectivity index (χ2v) is 7.65. The molecule has 2 aromatic heterocycles. The minimum absolute atomic E-state index is 0.0480. The topological polar surface area (TPSA) is 55.1 Å². The van der Waals surface area contributed by atoms with Crippen LogP contribution in [-0.2, 0) is 13.0 Å². The fraction of sp³-hybridized carbons (Fsp3) is 0.333. The van der Waals surface area contributed by atoms with Gasteiger partial charge in [0.05, 0.1) is 6.54 Å². The number of thiophene rings is 1. The number of unbranched alkanes of at least 4 members (excludes halogenated alkanes) is 1. The molecule has 0 spiro atoms. The highest BCUT2D eigenvalue weighted by molar-refractivity contribution is 7.17. The smallest absolute Gasteiger partial charge is 0.355 e. The van der Waals surface area contributed by atoms with Crippen LogP contribution in [0.15, 0.2) is 17.5 Å². The molecule has 3 aromatic rings. The van der Waals surface area contributed by atoms with Crippen LogP contribution in [0.2, 0.25) is 10.2 Å². The minimum Gasteiger partial charge on any atom is -0.476 e. The summed E-state index contributed by atoms with van der Waals surface area (Å²) in [7, 11) is 0. The van der Waals surface area contributed by atoms with E-state index in [0.29, 0.717) is 23.8 Å². The molecule has 0 saturated heterocycles. The standard InChI is InChI=1S/C18H18Cl2N2O2S/c1-3-4-5-14-21-17(20)16(18(23)24)22(14)8-11-9-25-13-7-6-12(19)10(2)15(11)13/h6-7,9H,3-5,8H2,1-2H3,(H,23,24). The molecule has 0 bridgehead atoms. The Morgan fingerprint density at radius 2 is 2.12 bits per heavy atom. The van der Waals surface area contributed by atoms with Gasteiger partial charge in [-0.25, -0.2) is 9.78 Å². The molecule has 0 aliphatic rings. The lowest BCUT2D eigenvalue weighted by Gasteiger charge is -2.11. The number of halogens is 2. The van der Waals surface area contributed by atoms with Crippen LogP contribution in [0.3, 0.4) is 0 Å². The van der Waals surface area contributed by atoms with Gasteiger partial charge in [0.25, 0.3) is 0 Å². The van der Waals surface area contributed by atoms with E-state index in [0.717, 1.165) is 34.1 Å². The summed E-state index contributed by atoms with van der Waals surface area (Å²) in [6.07, 6.45) is 2.63. The summed E-state index contributed by atoms with van der Waals surface area (Å²) in [6, 6.07) is 3.89. The molecular weight excluding hydrogens is 379 g/mol. The van der Waals surface area contributed by atoms with Gasteiger partial charge in [0.2, 0.25) is 0 Å². The van der Waals surface area contributed by atoms with E-state index in [-0.39, 0.29) is 10.8 Å². The highest BCUT2D eigenvalue weighted by Crippen LogP contribution is 2.34. The maximum Gasteiger partial charge on any atom is 0.355 e. The fourth-order valence-corrected chi connectivity index (χ4v) is 4.45. The van der Waals surface area contributed by atoms with E-state index in [1.54, 1.807) is 15.9 Å². The highest BCUT2D eigenvalue weighted by atomic mass is 35.5. The molecule has 25 heavy (non-hydrogen) atoms. The zero-order valence-corrected chi connectivity index (χ0v) is 16.3. The van der Waals surface area contributed by atoms with Crippen molar-refractivity contribution < 1.29 is 9.90 Å². The number of rotatable bonds is 6. The highest BCUT2D eigenvalue weighted by Gasteiger charge is 2.22. The Bertz CT molecular complexity index is 946. The van der Waals surface area contributed by atoms with Gasteiger partial charge in [-0.15, -0.1) is 11.3 Å². The summed E-state index contributed by atoms with van der Waals surface area (Å²) in [4.78, 5) is 16.0. The first-order valence-corrected chi connectivity index (χ1v) is 9.71. The van der Waals surface area contributed by atoms with Crippen molar-refractivity contribution in [2.45, 2.75) is 39.7 Å². The van der Waals surface area contributed by atoms with E-state index in [1.165, 1.54) is 0 Å². The number of benzene rings is 1. The molecule has 0 aliphatic carbocycles. The molecule has 2 heterocycles. The molecule has 0 amide bonds. The molecule has 7 heteroatoms. The third kappa shape index (κ3) is 3.41. The maximum atomic E-state index is 11.7. The van der Waals surface area contributed by atoms with Crippen LogP contribution in [0.1, 0.15) is 47.2 Å². The Labute approximate surface area is 160 Å². The molecule has 1 aromatic carbocycles. The maximum absolute atomic E-state index is 11.7. The third-order valence-corrected chi connectivity index (χ3v) is 5.97. The van der Waals surface area contributed by atoms with Gasteiger partial charge < -0.3 is 9.67 Å². The number of hydrogen-bond donors (Lipinski definition) is 1. The number of aromatic carboxylic acids is 1. The third-order valence-electron chi connectivity index (χ3n) is 4.30. The van der Waals surface area contributed by atoms with E-state index < -0.39 is 5.97 Å². The average Bonchev–Trinajstić information content (AvgIpc) is 3.11. The fourth-order valence-electron chi connectivity index (χ4n) is 3.01. The number of hydrogen-bond acceptors (Lipinski definition) is 3. The van der Waals surface area contributed by atoms with Crippen LogP contribution in [0.25, 0.3) is 10.1 Å². The zero-order chi connectivity index (χ0) is 18.1. The number of aryl methyl sites for hydroxylation is 2. The largest absolute Gasteiger partial charge is 0.476 e. The molecule has 0 saturated carbocycles. The van der Waals surface area contributed by atoms with Crippen LogP contribution < -0.4 is 0 Å². The van der Waals surface area contributed by atoms with Gasteiger partial charge >= 0.3 is 5.97 Å². The number of carboxylic acids is 1. The lowest BCUT2D eigenvalue weighted by Crippen LogP contribution is -2.13. The Balaban J connectivity index is 2.11. The molecule has 0 fully saturated rings. The molecule has 0 radical (unpaired) electrons. The normalized spacial score (nSPS) is 11.4. The second kappa shape index (κ2) is 7.36. The number of carboxylic acid groups (broad SMARTS) is 1. The summed E-state index contributed by atoms with van der Waals surface area (Å²) in [5.41, 5.74) is 2.09. The summed E-state index contributed by atoms with van der Waals surface area (Å²) >= 11 is 14.0. The molecule has 0 atom stereocenters. The lowest BCUT2D eigenvalue weighted by molar-refractivity contribution is 0.0685. The number of aromatic nitrogens is 2. The van der Waals surface area contributed by atoms with E-state index in [4.69, 9.17) is 23.2 Å². The molecule has 3 rings (SSSR count). The number of imidazole rings is 1. The van der Waals surface area contributed by atoms with E-state index >= 15 is 0 Å². The first-order chi connectivity index (χ1) is 11.9. The molecule has 4 nitrogen and oxygen atoms in total. The van der Waals surface area contributed by atoms with Gasteiger partial charge in [-0.2, -0.15) is 0 Å². The van der Waals surface area contributed by atoms with Crippen molar-refractivity contribution in [1.29, 1.82) is 0 Å². The number of nitrogens with zero attached hydrogens (tertiary/aromatic N) is 2. The van der Waals surface area contributed by atoms with Crippen molar-refractivity contribution in [1.82, 2.24) is 9.55 Å². The first kappa shape index (κ1) is 18.2. The van der Waals surface area contributed by atoms with Gasteiger partial charge in [0.1, 0.15) is 5.82 Å². The van der Waals surface area contributed by atoms with Crippen LogP contribution in [-0.4, -0.2) is 20.6 Å². The van der Waals surface area contributed by atoms with Crippen molar-refractivity contribution >= 4 is 50.6 Å². The van der Waals surface area contributed by atoms with Crippen LogP contribution in [0.4, 0.5) is 0 Å². The summed E-state index contributed by atoms with van der Waals surface area (Å²) < 4.78 is 2.86. The van der Waals surface area contributed by atoms with Crippen LogP contribution >= 0.6 is 34.5 Å². The number of carbonyl (C=O) groups is 1. The Kier molecular flexibility index (Phi) is 5.37. The van der Waals surface area contributed by atoms with Gasteiger partial charge in [0.15, 0.2) is 10.8 Å². The zero-order valence-electron chi connectivity index (χ0n) is 14.0. The summed E-state index contributed by atoms with van der Waals surface area (Å²) in [5.74, 6) is -0.349. The van der Waals surface area contributed by atoms with Crippen LogP contribution in [0.5, 0.6) is 0 Å². The Hall–Kier alpha value is -1.56. The minimum atomic E-state index is -1.06. The predicted molar refractivity (Wildman–Crippen MR) is 103 cm³/mol. The molecule has 1 N–H and O–H groups in total. The molecule has 0 unspecified atom stereocenters. The quantitative estimate of drug-likeness (QED) is 0.572. The van der Waals surface area contributed by atoms with Crippen molar-refractivity contribution in [3.63, 3.8) is 0 Å². The molecular formula is C18H18Cl2N2O2S. The van der Waals surface area contributed by atoms with Crippen molar-refractivity contribution in [2.24, 2.45) is 0 Å². The van der Waals surface area contributed by atoms with E-state index in [2.05, 4.69) is 17.3 Å². The predicted octanol–water partition coefficient (Wildman–Crippen LogP) is 5.80. The SMILES string of the molecule is CCCCc1nc(Cl)c(C(=O)O)n1Cc1csc2ccc(Cl)c(C)c12. The molecule has 0 aliphatic heterocycles. The lowest BCUT2D eigenvalue weighted by atomic mass is 10.1. The van der Waals surface area contributed by atoms with Gasteiger partial charge in [-0.1, -0.05) is 36.5 Å². The Morgan fingerprint density at radius 1 is 1.36 bits per heavy atom. The molecule has 132 valence electrons. The second-order valence-electron chi connectivity index (χ2n) is 5.97. The monoisotopic (exact) mass is 396 g/mol. The Morgan fingerprint density at radius 3 is 2.80 bits per heavy atom. The summed E-state index contributed by atoms with van der Waals surface area (Å²) in [6.45, 7) is 4.49. The first-order valence-electron chi connectivity index (χ1n) is 8.07. The van der Waals surface area contributed by atoms with Crippen molar-refractivity contribution in [3.05, 3.63) is 50.3 Å². The van der Waals surface area contributed by atoms with E-state index in [1.807, 2.05) is 19.1 Å². The van der Waals surface area contributed by atoms with Gasteiger partial charge in [0, 0.05) is 21.5 Å². The number of fused-ring (bicyclic) bond motifs is 1. The summed E-state index contributed by atoms with van der Waals surface area (Å²) in [5, 5.41) is 13.5. The van der Waals surface area contributed by atoms with Crippen molar-refractivity contribution in [3.8, 4) is 0 Å². The van der Waals surface area contributed by atoms with E-state index in [9.17, 15) is 9.90 Å². The van der Waals surface area contributed by atoms with Gasteiger partial charge in [-0.3, -0.25) is 0 Å². The van der Waals surface area contributed by atoms with Gasteiger partial charge in [-0.05, 0) is 42.0 Å². The van der Waals surface area contributed by atoms with Crippen LogP contribution in [0, 0.1) is 6.92 Å².